The standard InChI is InChI=1S/C31H28N2O2/c1-3-21-35-29-16-10-8-14-27(29)30-32(22-24-11-5-4-6-12-24)28-15-9-7-13-26(28)31(34)33(30)25-19-17-23(2)18-20-25/h3-20,30H,1,21-22H2,2H3/t30-/m1/s1. The number of aryl methyl sites for hydroxylation is 1. The number of hydrogen-bond acceptors (Lipinski definition) is 3. The molecule has 5 rings (SSSR count). The fourth-order valence-electron chi connectivity index (χ4n) is 4.61. The number of anilines is 2. The summed E-state index contributed by atoms with van der Waals surface area (Å²) in [5, 5.41) is 0. The van der Waals surface area contributed by atoms with Crippen LogP contribution in [0.2, 0.25) is 0 Å². The molecule has 0 unspecified atom stereocenters. The van der Waals surface area contributed by atoms with E-state index in [2.05, 4.69) is 30.5 Å². The molecule has 1 atom stereocenters. The summed E-state index contributed by atoms with van der Waals surface area (Å²) in [5.74, 6) is 0.706. The Morgan fingerprint density at radius 3 is 2.31 bits per heavy atom. The molecule has 0 saturated heterocycles. The Labute approximate surface area is 206 Å². The van der Waals surface area contributed by atoms with Crippen LogP contribution in [-0.4, -0.2) is 12.5 Å². The summed E-state index contributed by atoms with van der Waals surface area (Å²) in [6.45, 7) is 6.87. The van der Waals surface area contributed by atoms with Gasteiger partial charge in [0.2, 0.25) is 0 Å². The maximum Gasteiger partial charge on any atom is 0.262 e. The van der Waals surface area contributed by atoms with E-state index in [0.717, 1.165) is 33.8 Å². The predicted molar refractivity (Wildman–Crippen MR) is 142 cm³/mol. The van der Waals surface area contributed by atoms with Crippen molar-refractivity contribution < 1.29 is 9.53 Å². The van der Waals surface area contributed by atoms with Crippen molar-refractivity contribution in [2.75, 3.05) is 16.4 Å². The van der Waals surface area contributed by atoms with Gasteiger partial charge in [-0.1, -0.05) is 91.0 Å². The van der Waals surface area contributed by atoms with Crippen molar-refractivity contribution >= 4 is 17.3 Å². The van der Waals surface area contributed by atoms with Gasteiger partial charge in [0.15, 0.2) is 0 Å². The minimum absolute atomic E-state index is 0.0303. The van der Waals surface area contributed by atoms with Gasteiger partial charge in [-0.05, 0) is 42.8 Å². The van der Waals surface area contributed by atoms with E-state index in [0.29, 0.717) is 18.7 Å². The van der Waals surface area contributed by atoms with Crippen LogP contribution < -0.4 is 14.5 Å². The van der Waals surface area contributed by atoms with E-state index >= 15 is 0 Å². The number of benzene rings is 4. The quantitative estimate of drug-likeness (QED) is 0.281. The number of ether oxygens (including phenoxy) is 1. The Morgan fingerprint density at radius 2 is 1.54 bits per heavy atom. The lowest BCUT2D eigenvalue weighted by Gasteiger charge is -2.46. The van der Waals surface area contributed by atoms with Crippen LogP contribution in [0.5, 0.6) is 5.75 Å². The summed E-state index contributed by atoms with van der Waals surface area (Å²) in [5.41, 5.74) is 5.67. The molecule has 0 N–H and O–H groups in total. The normalized spacial score (nSPS) is 15.0. The van der Waals surface area contributed by atoms with Gasteiger partial charge in [0, 0.05) is 17.8 Å². The van der Waals surface area contributed by atoms with Crippen molar-refractivity contribution in [3.8, 4) is 5.75 Å². The van der Waals surface area contributed by atoms with Gasteiger partial charge in [-0.3, -0.25) is 9.69 Å². The fourth-order valence-corrected chi connectivity index (χ4v) is 4.61. The number of fused-ring (bicyclic) bond motifs is 1. The van der Waals surface area contributed by atoms with Gasteiger partial charge in [-0.25, -0.2) is 0 Å². The summed E-state index contributed by atoms with van der Waals surface area (Å²) in [7, 11) is 0. The monoisotopic (exact) mass is 460 g/mol. The van der Waals surface area contributed by atoms with Gasteiger partial charge < -0.3 is 9.64 Å². The van der Waals surface area contributed by atoms with Crippen LogP contribution >= 0.6 is 0 Å². The Hall–Kier alpha value is -4.31. The van der Waals surface area contributed by atoms with E-state index in [1.807, 2.05) is 95.9 Å². The molecule has 4 aromatic carbocycles. The van der Waals surface area contributed by atoms with Gasteiger partial charge in [0.1, 0.15) is 18.5 Å². The predicted octanol–water partition coefficient (Wildman–Crippen LogP) is 6.93. The maximum absolute atomic E-state index is 14.1. The van der Waals surface area contributed by atoms with Gasteiger partial charge in [-0.2, -0.15) is 0 Å². The summed E-state index contributed by atoms with van der Waals surface area (Å²) in [6.07, 6.45) is 1.33. The third kappa shape index (κ3) is 4.43. The molecule has 0 aliphatic carbocycles. The lowest BCUT2D eigenvalue weighted by Crippen LogP contribution is -2.49. The minimum atomic E-state index is -0.402. The molecule has 0 spiro atoms. The number of carbonyl (C=O) groups excluding carboxylic acids is 1. The third-order valence-corrected chi connectivity index (χ3v) is 6.26. The molecule has 4 aromatic rings. The molecule has 4 heteroatoms. The van der Waals surface area contributed by atoms with Gasteiger partial charge in [0.25, 0.3) is 5.91 Å². The highest BCUT2D eigenvalue weighted by molar-refractivity contribution is 6.12. The zero-order valence-corrected chi connectivity index (χ0v) is 19.8. The zero-order valence-electron chi connectivity index (χ0n) is 19.8. The second-order valence-electron chi connectivity index (χ2n) is 8.65. The van der Waals surface area contributed by atoms with Gasteiger partial charge in [-0.15, -0.1) is 0 Å². The largest absolute Gasteiger partial charge is 0.489 e. The molecule has 174 valence electrons. The Bertz CT molecular complexity index is 1330. The molecule has 0 aromatic heterocycles. The molecule has 0 bridgehead atoms. The Morgan fingerprint density at radius 1 is 0.857 bits per heavy atom. The number of carbonyl (C=O) groups is 1. The van der Waals surface area contributed by atoms with Crippen LogP contribution in [0.3, 0.4) is 0 Å². The number of rotatable bonds is 7. The van der Waals surface area contributed by atoms with Crippen LogP contribution in [0.15, 0.2) is 116 Å². The first-order valence-corrected chi connectivity index (χ1v) is 11.8. The smallest absolute Gasteiger partial charge is 0.262 e. The average molecular weight is 461 g/mol. The van der Waals surface area contributed by atoms with Crippen molar-refractivity contribution in [2.24, 2.45) is 0 Å². The summed E-state index contributed by atoms with van der Waals surface area (Å²) in [4.78, 5) is 18.2. The maximum atomic E-state index is 14.1. The molecule has 35 heavy (non-hydrogen) atoms. The highest BCUT2D eigenvalue weighted by atomic mass is 16.5. The van der Waals surface area contributed by atoms with E-state index in [1.165, 1.54) is 0 Å². The molecule has 1 aliphatic rings. The van der Waals surface area contributed by atoms with E-state index in [-0.39, 0.29) is 5.91 Å². The van der Waals surface area contributed by atoms with E-state index in [4.69, 9.17) is 4.74 Å². The van der Waals surface area contributed by atoms with E-state index in [1.54, 1.807) is 6.08 Å². The van der Waals surface area contributed by atoms with Crippen LogP contribution in [0.4, 0.5) is 11.4 Å². The summed E-state index contributed by atoms with van der Waals surface area (Å²) in [6, 6.07) is 34.3. The van der Waals surface area contributed by atoms with Crippen molar-refractivity contribution in [3.63, 3.8) is 0 Å². The van der Waals surface area contributed by atoms with Gasteiger partial charge in [0.05, 0.1) is 11.3 Å². The fraction of sp³-hybridized carbons (Fsp3) is 0.129. The second kappa shape index (κ2) is 9.90. The Kier molecular flexibility index (Phi) is 6.36. The first-order chi connectivity index (χ1) is 17.2. The lowest BCUT2D eigenvalue weighted by molar-refractivity contribution is 0.0967. The SMILES string of the molecule is C=CCOc1ccccc1[C@@H]1N(Cc2ccccc2)c2ccccc2C(=O)N1c1ccc(C)cc1. The number of hydrogen-bond donors (Lipinski definition) is 0. The summed E-state index contributed by atoms with van der Waals surface area (Å²) < 4.78 is 6.08. The molecule has 0 fully saturated rings. The third-order valence-electron chi connectivity index (χ3n) is 6.26. The van der Waals surface area contributed by atoms with Crippen molar-refractivity contribution in [2.45, 2.75) is 19.6 Å². The molecule has 1 heterocycles. The molecule has 4 nitrogen and oxygen atoms in total. The number of nitrogens with zero attached hydrogens (tertiary/aromatic N) is 2. The molecule has 1 amide bonds. The summed E-state index contributed by atoms with van der Waals surface area (Å²) >= 11 is 0. The minimum Gasteiger partial charge on any atom is -0.489 e. The van der Waals surface area contributed by atoms with Crippen molar-refractivity contribution in [1.29, 1.82) is 0 Å². The molecule has 1 aliphatic heterocycles. The number of para-hydroxylation sites is 2. The van der Waals surface area contributed by atoms with Crippen LogP contribution in [0.25, 0.3) is 0 Å². The molecule has 0 radical (unpaired) electrons. The zero-order chi connectivity index (χ0) is 24.2. The highest BCUT2D eigenvalue weighted by Gasteiger charge is 2.40. The van der Waals surface area contributed by atoms with E-state index in [9.17, 15) is 4.79 Å². The van der Waals surface area contributed by atoms with E-state index < -0.39 is 6.17 Å². The van der Waals surface area contributed by atoms with Crippen molar-refractivity contribution in [1.82, 2.24) is 0 Å². The number of amides is 1. The first-order valence-electron chi connectivity index (χ1n) is 11.8. The molecular formula is C31H28N2O2. The first kappa shape index (κ1) is 22.5. The van der Waals surface area contributed by atoms with Crippen LogP contribution in [0.1, 0.15) is 33.2 Å². The topological polar surface area (TPSA) is 32.8 Å². The lowest BCUT2D eigenvalue weighted by atomic mass is 9.98. The Balaban J connectivity index is 1.74. The van der Waals surface area contributed by atoms with Crippen LogP contribution in [-0.2, 0) is 6.54 Å². The molecule has 0 saturated carbocycles. The van der Waals surface area contributed by atoms with Crippen LogP contribution in [0, 0.1) is 6.92 Å². The average Bonchev–Trinajstić information content (AvgIpc) is 2.90. The molecular weight excluding hydrogens is 432 g/mol. The van der Waals surface area contributed by atoms with Gasteiger partial charge >= 0.3 is 0 Å². The second-order valence-corrected chi connectivity index (χ2v) is 8.65. The van der Waals surface area contributed by atoms with Crippen molar-refractivity contribution in [3.05, 3.63) is 138 Å². The highest BCUT2D eigenvalue weighted by Crippen LogP contribution is 2.44.